The largest absolute Gasteiger partial charge is 0.507 e. The molecule has 0 radical (unpaired) electrons. The molecule has 0 aliphatic carbocycles. The fourth-order valence-electron chi connectivity index (χ4n) is 1.80. The van der Waals surface area contributed by atoms with Crippen LogP contribution in [0.15, 0.2) is 39.6 Å². The van der Waals surface area contributed by atoms with Crippen LogP contribution in [-0.4, -0.2) is 15.5 Å². The minimum Gasteiger partial charge on any atom is -0.507 e. The Hall–Kier alpha value is -1.88. The highest BCUT2D eigenvalue weighted by molar-refractivity contribution is 9.10. The van der Waals surface area contributed by atoms with Gasteiger partial charge in [0.25, 0.3) is 5.56 Å². The third kappa shape index (κ3) is 2.33. The molecule has 1 aromatic carbocycles. The number of ketones is 1. The Morgan fingerprint density at radius 1 is 1.32 bits per heavy atom. The summed E-state index contributed by atoms with van der Waals surface area (Å²) in [6.45, 7) is 1.69. The molecule has 0 spiro atoms. The van der Waals surface area contributed by atoms with Crippen LogP contribution in [0.25, 0.3) is 0 Å². The summed E-state index contributed by atoms with van der Waals surface area (Å²) in [5.41, 5.74) is 0.225. The molecule has 0 aliphatic heterocycles. The Labute approximate surface area is 118 Å². The Morgan fingerprint density at radius 3 is 2.58 bits per heavy atom. The van der Waals surface area contributed by atoms with Gasteiger partial charge < -0.3 is 9.67 Å². The molecule has 0 saturated heterocycles. The van der Waals surface area contributed by atoms with E-state index in [9.17, 15) is 14.7 Å². The summed E-state index contributed by atoms with van der Waals surface area (Å²) >= 11 is 3.26. The van der Waals surface area contributed by atoms with E-state index in [2.05, 4.69) is 15.9 Å². The van der Waals surface area contributed by atoms with Crippen LogP contribution in [0.4, 0.5) is 0 Å². The van der Waals surface area contributed by atoms with E-state index in [4.69, 9.17) is 0 Å². The maximum absolute atomic E-state index is 12.4. The minimum atomic E-state index is -0.502. The topological polar surface area (TPSA) is 59.3 Å². The fourth-order valence-corrected chi connectivity index (χ4v) is 2.26. The lowest BCUT2D eigenvalue weighted by molar-refractivity contribution is 0.103. The first-order valence-electron chi connectivity index (χ1n) is 5.62. The zero-order valence-electron chi connectivity index (χ0n) is 10.5. The maximum Gasteiger partial charge on any atom is 0.265 e. The van der Waals surface area contributed by atoms with Crippen molar-refractivity contribution in [3.05, 3.63) is 62.0 Å². The molecule has 19 heavy (non-hydrogen) atoms. The number of carbonyl (C=O) groups is 1. The third-order valence-corrected chi connectivity index (χ3v) is 3.69. The van der Waals surface area contributed by atoms with E-state index in [0.717, 1.165) is 0 Å². The SMILES string of the molecule is Cc1cc(O)c(C(=O)c2ccccc2Br)c(=O)n1C. The van der Waals surface area contributed by atoms with Gasteiger partial charge in [-0.3, -0.25) is 9.59 Å². The van der Waals surface area contributed by atoms with Crippen molar-refractivity contribution in [1.29, 1.82) is 0 Å². The normalized spacial score (nSPS) is 10.5. The van der Waals surface area contributed by atoms with Crippen LogP contribution < -0.4 is 5.56 Å². The molecule has 0 atom stereocenters. The second kappa shape index (κ2) is 5.01. The maximum atomic E-state index is 12.4. The van der Waals surface area contributed by atoms with E-state index in [1.54, 1.807) is 38.2 Å². The molecule has 0 fully saturated rings. The molecular weight excluding hydrogens is 310 g/mol. The summed E-state index contributed by atoms with van der Waals surface area (Å²) in [6.07, 6.45) is 0. The van der Waals surface area contributed by atoms with Gasteiger partial charge in [-0.2, -0.15) is 0 Å². The highest BCUT2D eigenvalue weighted by Gasteiger charge is 2.21. The summed E-state index contributed by atoms with van der Waals surface area (Å²) in [6, 6.07) is 8.20. The average molecular weight is 322 g/mol. The van der Waals surface area contributed by atoms with Crippen LogP contribution >= 0.6 is 15.9 Å². The smallest absolute Gasteiger partial charge is 0.265 e. The predicted octanol–water partition coefficient (Wildman–Crippen LogP) is 2.39. The number of aromatic hydroxyl groups is 1. The van der Waals surface area contributed by atoms with E-state index in [1.807, 2.05) is 0 Å². The Morgan fingerprint density at radius 2 is 1.95 bits per heavy atom. The first-order chi connectivity index (χ1) is 8.93. The van der Waals surface area contributed by atoms with Crippen molar-refractivity contribution >= 4 is 21.7 Å². The van der Waals surface area contributed by atoms with E-state index in [1.165, 1.54) is 10.6 Å². The Balaban J connectivity index is 2.68. The van der Waals surface area contributed by atoms with Crippen LogP contribution in [0.5, 0.6) is 5.75 Å². The average Bonchev–Trinajstić information content (AvgIpc) is 2.36. The molecule has 2 aromatic rings. The first kappa shape index (κ1) is 13.5. The molecule has 0 unspecified atom stereocenters. The molecule has 1 N–H and O–H groups in total. The number of rotatable bonds is 2. The molecular formula is C14H12BrNO3. The molecule has 0 bridgehead atoms. The van der Waals surface area contributed by atoms with Crippen molar-refractivity contribution in [2.24, 2.45) is 7.05 Å². The fraction of sp³-hybridized carbons (Fsp3) is 0.143. The lowest BCUT2D eigenvalue weighted by Gasteiger charge is -2.09. The van der Waals surface area contributed by atoms with Gasteiger partial charge in [-0.1, -0.05) is 28.1 Å². The van der Waals surface area contributed by atoms with Crippen LogP contribution in [-0.2, 0) is 7.05 Å². The standard InChI is InChI=1S/C14H12BrNO3/c1-8-7-11(17)12(14(19)16(8)2)13(18)9-5-3-4-6-10(9)15/h3-7,17H,1-2H3. The number of hydrogen-bond donors (Lipinski definition) is 1. The van der Waals surface area contributed by atoms with Gasteiger partial charge in [-0.15, -0.1) is 0 Å². The van der Waals surface area contributed by atoms with Gasteiger partial charge in [0.2, 0.25) is 5.78 Å². The summed E-state index contributed by atoms with van der Waals surface area (Å²) in [7, 11) is 1.56. The summed E-state index contributed by atoms with van der Waals surface area (Å²) in [5.74, 6) is -0.785. The van der Waals surface area contributed by atoms with Gasteiger partial charge in [-0.05, 0) is 19.1 Å². The van der Waals surface area contributed by atoms with Gasteiger partial charge in [-0.25, -0.2) is 0 Å². The molecule has 1 aromatic heterocycles. The Bertz CT molecular complexity index is 719. The van der Waals surface area contributed by atoms with Crippen LogP contribution in [0, 0.1) is 6.92 Å². The lowest BCUT2D eigenvalue weighted by Crippen LogP contribution is -2.26. The molecule has 2 rings (SSSR count). The van der Waals surface area contributed by atoms with Crippen molar-refractivity contribution in [3.8, 4) is 5.75 Å². The quantitative estimate of drug-likeness (QED) is 0.864. The monoisotopic (exact) mass is 321 g/mol. The van der Waals surface area contributed by atoms with E-state index in [-0.39, 0.29) is 11.3 Å². The highest BCUT2D eigenvalue weighted by Crippen LogP contribution is 2.23. The lowest BCUT2D eigenvalue weighted by atomic mass is 10.0. The van der Waals surface area contributed by atoms with Gasteiger partial charge >= 0.3 is 0 Å². The minimum absolute atomic E-state index is 0.208. The summed E-state index contributed by atoms with van der Waals surface area (Å²) in [4.78, 5) is 24.5. The molecule has 0 saturated carbocycles. The van der Waals surface area contributed by atoms with E-state index >= 15 is 0 Å². The van der Waals surface area contributed by atoms with Crippen LogP contribution in [0.1, 0.15) is 21.6 Å². The summed E-state index contributed by atoms with van der Waals surface area (Å²) in [5, 5.41) is 9.87. The molecule has 0 amide bonds. The van der Waals surface area contributed by atoms with Crippen molar-refractivity contribution < 1.29 is 9.90 Å². The zero-order valence-corrected chi connectivity index (χ0v) is 12.1. The van der Waals surface area contributed by atoms with Gasteiger partial charge in [0, 0.05) is 28.8 Å². The first-order valence-corrected chi connectivity index (χ1v) is 6.41. The van der Waals surface area contributed by atoms with Crippen molar-refractivity contribution in [2.45, 2.75) is 6.92 Å². The molecule has 5 heteroatoms. The number of aromatic nitrogens is 1. The molecule has 98 valence electrons. The van der Waals surface area contributed by atoms with Crippen LogP contribution in [0.2, 0.25) is 0 Å². The number of halogens is 1. The van der Waals surface area contributed by atoms with Gasteiger partial charge in [0.15, 0.2) is 0 Å². The molecule has 0 aliphatic rings. The van der Waals surface area contributed by atoms with Crippen molar-refractivity contribution in [3.63, 3.8) is 0 Å². The number of carbonyl (C=O) groups excluding carboxylic acids is 1. The third-order valence-electron chi connectivity index (χ3n) is 2.99. The summed E-state index contributed by atoms with van der Waals surface area (Å²) < 4.78 is 1.92. The number of nitrogens with zero attached hydrogens (tertiary/aromatic N) is 1. The van der Waals surface area contributed by atoms with Gasteiger partial charge in [0.1, 0.15) is 11.3 Å². The van der Waals surface area contributed by atoms with Crippen molar-refractivity contribution in [2.75, 3.05) is 0 Å². The Kier molecular flexibility index (Phi) is 3.57. The predicted molar refractivity (Wildman–Crippen MR) is 75.7 cm³/mol. The number of aryl methyl sites for hydroxylation is 1. The second-order valence-electron chi connectivity index (χ2n) is 4.22. The van der Waals surface area contributed by atoms with E-state index < -0.39 is 11.3 Å². The molecule has 4 nitrogen and oxygen atoms in total. The second-order valence-corrected chi connectivity index (χ2v) is 5.07. The number of benzene rings is 1. The van der Waals surface area contributed by atoms with E-state index in [0.29, 0.717) is 15.7 Å². The number of hydrogen-bond acceptors (Lipinski definition) is 3. The molecule has 1 heterocycles. The highest BCUT2D eigenvalue weighted by atomic mass is 79.9. The number of pyridine rings is 1. The van der Waals surface area contributed by atoms with Crippen molar-refractivity contribution in [1.82, 2.24) is 4.57 Å². The van der Waals surface area contributed by atoms with Gasteiger partial charge in [0.05, 0.1) is 0 Å². The zero-order chi connectivity index (χ0) is 14.2. The van der Waals surface area contributed by atoms with Crippen LogP contribution in [0.3, 0.4) is 0 Å².